The number of H-pyrrole nitrogens is 1. The molecule has 7 heteroatoms. The Kier molecular flexibility index (Phi) is 7.89. The topological polar surface area (TPSA) is 65.1 Å². The zero-order valence-electron chi connectivity index (χ0n) is 15.4. The molecule has 3 N–H and O–H groups in total. The number of nitrogens with zero attached hydrogens (tertiary/aromatic N) is 2. The summed E-state index contributed by atoms with van der Waals surface area (Å²) in [4.78, 5) is 13.3. The van der Waals surface area contributed by atoms with Gasteiger partial charge in [0.1, 0.15) is 0 Å². The molecule has 5 nitrogen and oxygen atoms in total. The number of hydrogen-bond donors (Lipinski definition) is 3. The standard InChI is InChI=1S/C19H25N5S.HI/c1-13-4-5-16-15(12-23-17(16)10-13)6-8-21-19(20-3)22-9-7-18-24-11-14(2)25-18;/h4-5,10-12,23H,6-9H2,1-3H3,(H2,20,21,22);1H. The smallest absolute Gasteiger partial charge is 0.191 e. The van der Waals surface area contributed by atoms with Crippen molar-refractivity contribution in [2.24, 2.45) is 4.99 Å². The zero-order chi connectivity index (χ0) is 17.6. The largest absolute Gasteiger partial charge is 0.361 e. The van der Waals surface area contributed by atoms with Gasteiger partial charge in [-0.3, -0.25) is 4.99 Å². The lowest BCUT2D eigenvalue weighted by Crippen LogP contribution is -2.39. The lowest BCUT2D eigenvalue weighted by Gasteiger charge is -2.11. The first-order valence-corrected chi connectivity index (χ1v) is 9.40. The van der Waals surface area contributed by atoms with Gasteiger partial charge in [0.2, 0.25) is 0 Å². The van der Waals surface area contributed by atoms with Crippen LogP contribution in [-0.4, -0.2) is 36.1 Å². The average Bonchev–Trinajstić information content (AvgIpc) is 3.19. The zero-order valence-corrected chi connectivity index (χ0v) is 18.6. The van der Waals surface area contributed by atoms with Crippen molar-refractivity contribution in [1.82, 2.24) is 20.6 Å². The summed E-state index contributed by atoms with van der Waals surface area (Å²) < 4.78 is 0. The summed E-state index contributed by atoms with van der Waals surface area (Å²) in [6, 6.07) is 6.54. The highest BCUT2D eigenvalue weighted by Crippen LogP contribution is 2.19. The molecule has 0 fully saturated rings. The van der Waals surface area contributed by atoms with Gasteiger partial charge in [-0.05, 0) is 37.5 Å². The van der Waals surface area contributed by atoms with Crippen molar-refractivity contribution in [3.63, 3.8) is 0 Å². The van der Waals surface area contributed by atoms with Crippen molar-refractivity contribution >= 4 is 52.2 Å². The second kappa shape index (κ2) is 9.91. The maximum atomic E-state index is 4.38. The highest BCUT2D eigenvalue weighted by atomic mass is 127. The molecule has 140 valence electrons. The molecule has 0 unspecified atom stereocenters. The van der Waals surface area contributed by atoms with Gasteiger partial charge in [-0.2, -0.15) is 0 Å². The van der Waals surface area contributed by atoms with E-state index in [9.17, 15) is 0 Å². The summed E-state index contributed by atoms with van der Waals surface area (Å²) in [6.07, 6.45) is 5.90. The summed E-state index contributed by atoms with van der Waals surface area (Å²) >= 11 is 1.75. The van der Waals surface area contributed by atoms with Crippen LogP contribution in [0.3, 0.4) is 0 Å². The van der Waals surface area contributed by atoms with Crippen LogP contribution in [0.25, 0.3) is 10.9 Å². The molecular weight excluding hydrogens is 457 g/mol. The third kappa shape index (κ3) is 5.44. The Labute approximate surface area is 175 Å². The molecule has 0 saturated heterocycles. The van der Waals surface area contributed by atoms with E-state index >= 15 is 0 Å². The Morgan fingerprint density at radius 3 is 2.65 bits per heavy atom. The minimum absolute atomic E-state index is 0. The fourth-order valence-corrected chi connectivity index (χ4v) is 3.63. The molecule has 2 heterocycles. The van der Waals surface area contributed by atoms with Crippen LogP contribution in [0.5, 0.6) is 0 Å². The predicted octanol–water partition coefficient (Wildman–Crippen LogP) is 3.81. The highest BCUT2D eigenvalue weighted by molar-refractivity contribution is 14.0. The molecule has 2 aromatic heterocycles. The minimum Gasteiger partial charge on any atom is -0.361 e. The van der Waals surface area contributed by atoms with E-state index in [1.54, 1.807) is 18.4 Å². The number of aromatic amines is 1. The predicted molar refractivity (Wildman–Crippen MR) is 122 cm³/mol. The highest BCUT2D eigenvalue weighted by Gasteiger charge is 2.05. The third-order valence-electron chi connectivity index (χ3n) is 4.13. The van der Waals surface area contributed by atoms with Gasteiger partial charge >= 0.3 is 0 Å². The number of halogens is 1. The number of thiazole rings is 1. The van der Waals surface area contributed by atoms with Crippen LogP contribution in [-0.2, 0) is 12.8 Å². The number of benzene rings is 1. The van der Waals surface area contributed by atoms with Crippen molar-refractivity contribution in [1.29, 1.82) is 0 Å². The number of aliphatic imine (C=N–C) groups is 1. The molecule has 0 radical (unpaired) electrons. The van der Waals surface area contributed by atoms with E-state index in [1.807, 2.05) is 6.20 Å². The van der Waals surface area contributed by atoms with E-state index in [1.165, 1.54) is 26.9 Å². The Balaban J connectivity index is 0.00000243. The number of hydrogen-bond acceptors (Lipinski definition) is 3. The normalized spacial score (nSPS) is 11.4. The maximum Gasteiger partial charge on any atom is 0.191 e. The molecule has 0 spiro atoms. The SMILES string of the molecule is CN=C(NCCc1ncc(C)s1)NCCc1c[nH]c2cc(C)ccc12.I. The molecule has 0 aliphatic heterocycles. The molecular formula is C19H26IN5S. The van der Waals surface area contributed by atoms with Crippen LogP contribution in [0.2, 0.25) is 0 Å². The first-order valence-electron chi connectivity index (χ1n) is 8.58. The number of guanidine groups is 1. The summed E-state index contributed by atoms with van der Waals surface area (Å²) in [5.74, 6) is 0.837. The van der Waals surface area contributed by atoms with Gasteiger partial charge in [-0.1, -0.05) is 12.1 Å². The van der Waals surface area contributed by atoms with Crippen LogP contribution in [0.4, 0.5) is 0 Å². The van der Waals surface area contributed by atoms with E-state index in [-0.39, 0.29) is 24.0 Å². The van der Waals surface area contributed by atoms with E-state index in [0.29, 0.717) is 0 Å². The van der Waals surface area contributed by atoms with Crippen molar-refractivity contribution in [3.05, 3.63) is 51.6 Å². The van der Waals surface area contributed by atoms with E-state index < -0.39 is 0 Å². The Morgan fingerprint density at radius 2 is 1.96 bits per heavy atom. The molecule has 0 aliphatic carbocycles. The lowest BCUT2D eigenvalue weighted by atomic mass is 10.1. The molecule has 0 bridgehead atoms. The maximum absolute atomic E-state index is 4.38. The number of aryl methyl sites for hydroxylation is 2. The monoisotopic (exact) mass is 483 g/mol. The fraction of sp³-hybridized carbons (Fsp3) is 0.368. The third-order valence-corrected chi connectivity index (χ3v) is 5.11. The van der Waals surface area contributed by atoms with Crippen LogP contribution < -0.4 is 10.6 Å². The lowest BCUT2D eigenvalue weighted by molar-refractivity contribution is 0.783. The van der Waals surface area contributed by atoms with Crippen molar-refractivity contribution < 1.29 is 0 Å². The van der Waals surface area contributed by atoms with E-state index in [4.69, 9.17) is 0 Å². The first-order chi connectivity index (χ1) is 12.2. The molecule has 0 saturated carbocycles. The molecule has 0 atom stereocenters. The molecule has 3 aromatic rings. The van der Waals surface area contributed by atoms with Gasteiger partial charge in [0, 0.05) is 54.7 Å². The average molecular weight is 483 g/mol. The molecule has 26 heavy (non-hydrogen) atoms. The second-order valence-electron chi connectivity index (χ2n) is 6.15. The quantitative estimate of drug-likeness (QED) is 0.284. The van der Waals surface area contributed by atoms with Crippen LogP contribution in [0, 0.1) is 13.8 Å². The number of nitrogens with one attached hydrogen (secondary N) is 3. The number of aromatic nitrogens is 2. The summed E-state index contributed by atoms with van der Waals surface area (Å²) in [7, 11) is 1.80. The molecule has 3 rings (SSSR count). The molecule has 0 amide bonds. The minimum atomic E-state index is 0. The van der Waals surface area contributed by atoms with Gasteiger partial charge in [0.25, 0.3) is 0 Å². The van der Waals surface area contributed by atoms with Gasteiger partial charge in [0.05, 0.1) is 5.01 Å². The Morgan fingerprint density at radius 1 is 1.19 bits per heavy atom. The van der Waals surface area contributed by atoms with Gasteiger partial charge in [-0.25, -0.2) is 4.98 Å². The van der Waals surface area contributed by atoms with E-state index in [2.05, 4.69) is 63.8 Å². The summed E-state index contributed by atoms with van der Waals surface area (Å²) in [6.45, 7) is 5.88. The molecule has 1 aromatic carbocycles. The van der Waals surface area contributed by atoms with Gasteiger partial charge < -0.3 is 15.6 Å². The summed E-state index contributed by atoms with van der Waals surface area (Å²) in [5, 5.41) is 9.19. The van der Waals surface area contributed by atoms with Crippen molar-refractivity contribution in [2.45, 2.75) is 26.7 Å². The van der Waals surface area contributed by atoms with Crippen molar-refractivity contribution in [2.75, 3.05) is 20.1 Å². The van der Waals surface area contributed by atoms with E-state index in [0.717, 1.165) is 36.9 Å². The molecule has 0 aliphatic rings. The van der Waals surface area contributed by atoms with Crippen LogP contribution in [0.1, 0.15) is 21.0 Å². The van der Waals surface area contributed by atoms with Crippen molar-refractivity contribution in [3.8, 4) is 0 Å². The fourth-order valence-electron chi connectivity index (χ4n) is 2.85. The van der Waals surface area contributed by atoms with Gasteiger partial charge in [-0.15, -0.1) is 35.3 Å². The van der Waals surface area contributed by atoms with Crippen LogP contribution in [0.15, 0.2) is 35.6 Å². The Hall–Kier alpha value is -1.61. The summed E-state index contributed by atoms with van der Waals surface area (Å²) in [5.41, 5.74) is 3.81. The number of rotatable bonds is 6. The first kappa shape index (κ1) is 20.7. The van der Waals surface area contributed by atoms with Gasteiger partial charge in [0.15, 0.2) is 5.96 Å². The second-order valence-corrected chi connectivity index (χ2v) is 7.47. The number of fused-ring (bicyclic) bond motifs is 1. The van der Waals surface area contributed by atoms with Crippen LogP contribution >= 0.6 is 35.3 Å². The Bertz CT molecular complexity index is 868.